The average molecular weight is 332 g/mol. The van der Waals surface area contributed by atoms with Gasteiger partial charge in [-0.25, -0.2) is 0 Å². The normalized spacial score (nSPS) is 16.6. The largest absolute Gasteiger partial charge is 0.360 e. The quantitative estimate of drug-likeness (QED) is 0.842. The number of hydrogen-bond donors (Lipinski definition) is 2. The number of ether oxygens (including phenoxy) is 1. The molecule has 1 aromatic rings. The summed E-state index contributed by atoms with van der Waals surface area (Å²) < 4.78 is 6.05. The van der Waals surface area contributed by atoms with Gasteiger partial charge in [-0.05, 0) is 39.2 Å². The second kappa shape index (κ2) is 8.29. The molecule has 2 N–H and O–H groups in total. The fraction of sp³-hybridized carbons (Fsp3) is 0.579. The van der Waals surface area contributed by atoms with Crippen molar-refractivity contribution in [3.05, 3.63) is 35.9 Å². The number of amides is 2. The lowest BCUT2D eigenvalue weighted by Crippen LogP contribution is -2.46. The molecule has 0 saturated heterocycles. The maximum atomic E-state index is 12.6. The summed E-state index contributed by atoms with van der Waals surface area (Å²) in [4.78, 5) is 24.5. The third kappa shape index (κ3) is 5.96. The van der Waals surface area contributed by atoms with Crippen molar-refractivity contribution in [2.45, 2.75) is 64.2 Å². The van der Waals surface area contributed by atoms with Crippen molar-refractivity contribution in [3.8, 4) is 0 Å². The first kappa shape index (κ1) is 18.5. The Kier molecular flexibility index (Phi) is 6.37. The minimum absolute atomic E-state index is 0.0482. The third-order valence-corrected chi connectivity index (χ3v) is 3.91. The topological polar surface area (TPSA) is 67.4 Å². The Morgan fingerprint density at radius 3 is 2.38 bits per heavy atom. The van der Waals surface area contributed by atoms with Crippen molar-refractivity contribution < 1.29 is 14.3 Å². The minimum atomic E-state index is -0.670. The number of hydrogen-bond acceptors (Lipinski definition) is 3. The number of carbonyl (C=O) groups excluding carboxylic acids is 2. The molecule has 1 unspecified atom stereocenters. The molecule has 0 aliphatic heterocycles. The Bertz CT molecular complexity index is 545. The molecular weight excluding hydrogens is 304 g/mol. The summed E-state index contributed by atoms with van der Waals surface area (Å²) in [6, 6.07) is 9.45. The van der Waals surface area contributed by atoms with Gasteiger partial charge in [0.1, 0.15) is 0 Å². The third-order valence-electron chi connectivity index (χ3n) is 3.91. The molecule has 1 aliphatic rings. The molecule has 1 atom stereocenters. The summed E-state index contributed by atoms with van der Waals surface area (Å²) in [5.74, 6) is -0.472. The van der Waals surface area contributed by atoms with E-state index in [0.717, 1.165) is 31.2 Å². The molecule has 2 rings (SSSR count). The van der Waals surface area contributed by atoms with Gasteiger partial charge in [-0.15, -0.1) is 0 Å². The highest BCUT2D eigenvalue weighted by molar-refractivity contribution is 5.87. The zero-order chi connectivity index (χ0) is 17.6. The van der Waals surface area contributed by atoms with E-state index in [-0.39, 0.29) is 30.0 Å². The predicted octanol–water partition coefficient (Wildman–Crippen LogP) is 2.72. The van der Waals surface area contributed by atoms with Gasteiger partial charge < -0.3 is 15.4 Å². The molecule has 1 aliphatic carbocycles. The SMILES string of the molecule is CC(C)(C)NC(=O)CNC(=O)C(OC1CCCC1)c1ccccc1. The van der Waals surface area contributed by atoms with Crippen LogP contribution in [0.5, 0.6) is 0 Å². The molecule has 0 radical (unpaired) electrons. The summed E-state index contributed by atoms with van der Waals surface area (Å²) in [5, 5.41) is 5.53. The van der Waals surface area contributed by atoms with Crippen LogP contribution < -0.4 is 10.6 Å². The summed E-state index contributed by atoms with van der Waals surface area (Å²) in [5.41, 5.74) is 0.499. The summed E-state index contributed by atoms with van der Waals surface area (Å²) in [6.45, 7) is 5.67. The van der Waals surface area contributed by atoms with Gasteiger partial charge in [0, 0.05) is 5.54 Å². The van der Waals surface area contributed by atoms with Gasteiger partial charge in [-0.2, -0.15) is 0 Å². The van der Waals surface area contributed by atoms with Crippen molar-refractivity contribution >= 4 is 11.8 Å². The highest BCUT2D eigenvalue weighted by Crippen LogP contribution is 2.28. The van der Waals surface area contributed by atoms with Crippen molar-refractivity contribution in [2.75, 3.05) is 6.54 Å². The molecule has 1 aromatic carbocycles. The fourth-order valence-corrected chi connectivity index (χ4v) is 2.86. The fourth-order valence-electron chi connectivity index (χ4n) is 2.86. The van der Waals surface area contributed by atoms with Crippen LogP contribution >= 0.6 is 0 Å². The Morgan fingerprint density at radius 2 is 1.79 bits per heavy atom. The van der Waals surface area contributed by atoms with Crippen LogP contribution in [0.1, 0.15) is 58.1 Å². The molecule has 0 bridgehead atoms. The highest BCUT2D eigenvalue weighted by atomic mass is 16.5. The van der Waals surface area contributed by atoms with Crippen LogP contribution in [0.15, 0.2) is 30.3 Å². The lowest BCUT2D eigenvalue weighted by Gasteiger charge is -2.23. The zero-order valence-corrected chi connectivity index (χ0v) is 14.8. The predicted molar refractivity (Wildman–Crippen MR) is 93.4 cm³/mol. The zero-order valence-electron chi connectivity index (χ0n) is 14.8. The van der Waals surface area contributed by atoms with Gasteiger partial charge >= 0.3 is 0 Å². The smallest absolute Gasteiger partial charge is 0.254 e. The molecule has 0 aromatic heterocycles. The van der Waals surface area contributed by atoms with Crippen LogP contribution in [0.25, 0.3) is 0 Å². The van der Waals surface area contributed by atoms with Crippen molar-refractivity contribution in [1.29, 1.82) is 0 Å². The van der Waals surface area contributed by atoms with Crippen molar-refractivity contribution in [1.82, 2.24) is 10.6 Å². The number of benzene rings is 1. The lowest BCUT2D eigenvalue weighted by atomic mass is 10.1. The Morgan fingerprint density at radius 1 is 1.17 bits per heavy atom. The first-order valence-electron chi connectivity index (χ1n) is 8.64. The maximum Gasteiger partial charge on any atom is 0.254 e. The van der Waals surface area contributed by atoms with Gasteiger partial charge in [-0.1, -0.05) is 43.2 Å². The molecular formula is C19H28N2O3. The molecule has 1 saturated carbocycles. The van der Waals surface area contributed by atoms with E-state index < -0.39 is 6.10 Å². The van der Waals surface area contributed by atoms with Gasteiger partial charge in [-0.3, -0.25) is 9.59 Å². The standard InChI is InChI=1S/C19H28N2O3/c1-19(2,3)21-16(22)13-20-18(23)17(14-9-5-4-6-10-14)24-15-11-7-8-12-15/h4-6,9-10,15,17H,7-8,11-13H2,1-3H3,(H,20,23)(H,21,22). The van der Waals surface area contributed by atoms with E-state index in [1.807, 2.05) is 51.1 Å². The van der Waals surface area contributed by atoms with E-state index in [4.69, 9.17) is 4.74 Å². The monoisotopic (exact) mass is 332 g/mol. The minimum Gasteiger partial charge on any atom is -0.360 e. The molecule has 24 heavy (non-hydrogen) atoms. The second-order valence-corrected chi connectivity index (χ2v) is 7.35. The number of rotatable bonds is 6. The highest BCUT2D eigenvalue weighted by Gasteiger charge is 2.27. The van der Waals surface area contributed by atoms with E-state index in [1.165, 1.54) is 0 Å². The van der Waals surface area contributed by atoms with Crippen molar-refractivity contribution in [3.63, 3.8) is 0 Å². The summed E-state index contributed by atoms with van der Waals surface area (Å²) in [7, 11) is 0. The van der Waals surface area contributed by atoms with Gasteiger partial charge in [0.15, 0.2) is 6.10 Å². The molecule has 2 amide bonds. The first-order chi connectivity index (χ1) is 11.3. The van der Waals surface area contributed by atoms with Gasteiger partial charge in [0.05, 0.1) is 12.6 Å². The van der Waals surface area contributed by atoms with E-state index in [2.05, 4.69) is 10.6 Å². The molecule has 0 heterocycles. The summed E-state index contributed by atoms with van der Waals surface area (Å²) >= 11 is 0. The molecule has 5 heteroatoms. The average Bonchev–Trinajstić information content (AvgIpc) is 3.02. The van der Waals surface area contributed by atoms with Crippen LogP contribution in [-0.2, 0) is 14.3 Å². The second-order valence-electron chi connectivity index (χ2n) is 7.35. The first-order valence-corrected chi connectivity index (χ1v) is 8.64. The Hall–Kier alpha value is -1.88. The van der Waals surface area contributed by atoms with Crippen LogP contribution in [0, 0.1) is 0 Å². The number of carbonyl (C=O) groups is 2. The van der Waals surface area contributed by atoms with Gasteiger partial charge in [0.25, 0.3) is 5.91 Å². The van der Waals surface area contributed by atoms with Crippen LogP contribution in [0.3, 0.4) is 0 Å². The summed E-state index contributed by atoms with van der Waals surface area (Å²) in [6.07, 6.45) is 3.70. The van der Waals surface area contributed by atoms with Crippen LogP contribution in [0.4, 0.5) is 0 Å². The van der Waals surface area contributed by atoms with Gasteiger partial charge in [0.2, 0.25) is 5.91 Å². The van der Waals surface area contributed by atoms with Crippen LogP contribution in [-0.4, -0.2) is 30.0 Å². The van der Waals surface area contributed by atoms with E-state index in [9.17, 15) is 9.59 Å². The maximum absolute atomic E-state index is 12.6. The number of nitrogens with one attached hydrogen (secondary N) is 2. The van der Waals surface area contributed by atoms with Crippen molar-refractivity contribution in [2.24, 2.45) is 0 Å². The van der Waals surface area contributed by atoms with E-state index in [0.29, 0.717) is 0 Å². The van der Waals surface area contributed by atoms with Crippen LogP contribution in [0.2, 0.25) is 0 Å². The lowest BCUT2D eigenvalue weighted by molar-refractivity contribution is -0.138. The molecule has 132 valence electrons. The Balaban J connectivity index is 1.98. The van der Waals surface area contributed by atoms with E-state index in [1.54, 1.807) is 0 Å². The van der Waals surface area contributed by atoms with E-state index >= 15 is 0 Å². The molecule has 5 nitrogen and oxygen atoms in total. The Labute approximate surface area is 144 Å². The molecule has 0 spiro atoms. The molecule has 1 fully saturated rings.